The number of nitrogens with zero attached hydrogens (tertiary/aromatic N) is 5. The van der Waals surface area contributed by atoms with Crippen molar-refractivity contribution in [2.24, 2.45) is 11.7 Å². The molecular weight excluding hydrogens is 553 g/mol. The minimum absolute atomic E-state index is 0.0463. The van der Waals surface area contributed by atoms with E-state index >= 15 is 4.39 Å². The molecule has 41 heavy (non-hydrogen) atoms. The van der Waals surface area contributed by atoms with Gasteiger partial charge in [0.05, 0.1) is 30.1 Å². The first-order valence-corrected chi connectivity index (χ1v) is 12.4. The fraction of sp³-hybridized carbons (Fsp3) is 0.385. The molecule has 0 unspecified atom stereocenters. The highest BCUT2D eigenvalue weighted by molar-refractivity contribution is 6.00. The van der Waals surface area contributed by atoms with Crippen molar-refractivity contribution >= 4 is 28.7 Å². The maximum Gasteiger partial charge on any atom is 0.522 e. The monoisotopic (exact) mass is 579 g/mol. The first-order chi connectivity index (χ1) is 19.4. The van der Waals surface area contributed by atoms with Crippen LogP contribution >= 0.6 is 0 Å². The van der Waals surface area contributed by atoms with Crippen LogP contribution in [0.2, 0.25) is 0 Å². The fourth-order valence-corrected chi connectivity index (χ4v) is 4.91. The second-order valence-electron chi connectivity index (χ2n) is 9.27. The van der Waals surface area contributed by atoms with Crippen LogP contribution in [0.4, 0.5) is 27.8 Å². The molecule has 0 aliphatic carbocycles. The molecule has 3 N–H and O–H groups in total. The maximum absolute atomic E-state index is 15.1. The fourth-order valence-electron chi connectivity index (χ4n) is 4.91. The van der Waals surface area contributed by atoms with Crippen LogP contribution in [0.3, 0.4) is 0 Å². The number of nitrogens with one attached hydrogen (secondary N) is 1. The van der Waals surface area contributed by atoms with Crippen molar-refractivity contribution in [1.82, 2.24) is 24.2 Å². The molecule has 1 aromatic carbocycles. The number of carbonyl (C=O) groups excluding carboxylic acids is 2. The Hall–Kier alpha value is -4.45. The topological polar surface area (TPSA) is 120 Å². The number of alkyl halides is 3. The zero-order valence-electron chi connectivity index (χ0n) is 22.1. The molecule has 1 saturated heterocycles. The van der Waals surface area contributed by atoms with Crippen LogP contribution in [0.1, 0.15) is 35.0 Å². The van der Waals surface area contributed by atoms with Gasteiger partial charge < -0.3 is 20.5 Å². The van der Waals surface area contributed by atoms with Gasteiger partial charge in [-0.1, -0.05) is 12.5 Å². The lowest BCUT2D eigenvalue weighted by Gasteiger charge is -2.23. The quantitative estimate of drug-likeness (QED) is 0.241. The Balaban J connectivity index is 1.67. The van der Waals surface area contributed by atoms with Crippen molar-refractivity contribution in [1.29, 1.82) is 0 Å². The van der Waals surface area contributed by atoms with Crippen LogP contribution in [0.25, 0.3) is 11.0 Å². The minimum Gasteiger partial charge on any atom is -0.373 e. The van der Waals surface area contributed by atoms with Crippen LogP contribution in [-0.2, 0) is 22.6 Å². The third-order valence-corrected chi connectivity index (χ3v) is 6.72. The molecule has 15 heteroatoms. The molecule has 1 fully saturated rings. The van der Waals surface area contributed by atoms with Crippen molar-refractivity contribution < 1.29 is 36.3 Å². The lowest BCUT2D eigenvalue weighted by molar-refractivity contribution is -0.327. The van der Waals surface area contributed by atoms with Gasteiger partial charge in [0.2, 0.25) is 5.91 Å². The number of nitrogens with two attached hydrogens (primary N) is 1. The Morgan fingerprint density at radius 2 is 2.05 bits per heavy atom. The lowest BCUT2D eigenvalue weighted by Crippen LogP contribution is -2.38. The normalized spacial score (nSPS) is 17.0. The molecule has 2 aromatic heterocycles. The number of primary amides is 1. The summed E-state index contributed by atoms with van der Waals surface area (Å²) in [5.74, 6) is 1.25. The van der Waals surface area contributed by atoms with E-state index in [1.807, 2.05) is 0 Å². The van der Waals surface area contributed by atoms with Gasteiger partial charge in [0.1, 0.15) is 22.7 Å². The zero-order valence-corrected chi connectivity index (χ0v) is 22.1. The molecular formula is C26H26F5N7O3. The Morgan fingerprint density at radius 3 is 2.66 bits per heavy atom. The molecule has 4 rings (SSSR count). The number of fused-ring (bicyclic) bond motifs is 1. The minimum atomic E-state index is -4.87. The van der Waals surface area contributed by atoms with Gasteiger partial charge in [0.25, 0.3) is 5.91 Å². The van der Waals surface area contributed by atoms with Crippen LogP contribution in [0.5, 0.6) is 0 Å². The second-order valence-corrected chi connectivity index (χ2v) is 9.27. The summed E-state index contributed by atoms with van der Waals surface area (Å²) in [6.07, 6.45) is -2.36. The van der Waals surface area contributed by atoms with Crippen molar-refractivity contribution in [2.45, 2.75) is 38.8 Å². The number of imidazole rings is 1. The number of aromatic nitrogens is 4. The van der Waals surface area contributed by atoms with Crippen molar-refractivity contribution in [3.05, 3.63) is 53.5 Å². The van der Waals surface area contributed by atoms with Gasteiger partial charge in [-0.05, 0) is 31.3 Å². The Bertz CT molecular complexity index is 1570. The van der Waals surface area contributed by atoms with Crippen LogP contribution in [0.15, 0.2) is 25.0 Å². The number of hydrogen-bond acceptors (Lipinski definition) is 6. The van der Waals surface area contributed by atoms with E-state index in [1.54, 1.807) is 11.5 Å². The van der Waals surface area contributed by atoms with E-state index in [9.17, 15) is 27.2 Å². The largest absolute Gasteiger partial charge is 0.522 e. The van der Waals surface area contributed by atoms with Crippen LogP contribution in [-0.4, -0.2) is 68.6 Å². The molecule has 2 atom stereocenters. The van der Waals surface area contributed by atoms with E-state index in [0.29, 0.717) is 6.54 Å². The zero-order chi connectivity index (χ0) is 30.1. The van der Waals surface area contributed by atoms with Gasteiger partial charge in [-0.3, -0.25) is 14.3 Å². The molecule has 1 aliphatic heterocycles. The average molecular weight is 580 g/mol. The van der Waals surface area contributed by atoms with E-state index in [1.165, 1.54) is 23.0 Å². The van der Waals surface area contributed by atoms with Gasteiger partial charge in [-0.15, -0.1) is 13.2 Å². The molecule has 0 saturated carbocycles. The molecule has 3 heterocycles. The van der Waals surface area contributed by atoms with Gasteiger partial charge in [-0.25, -0.2) is 18.4 Å². The summed E-state index contributed by atoms with van der Waals surface area (Å²) in [6.45, 7) is 4.98. The van der Waals surface area contributed by atoms with Crippen molar-refractivity contribution in [3.8, 4) is 11.8 Å². The number of hydrogen-bond donors (Lipinski definition) is 2. The van der Waals surface area contributed by atoms with Gasteiger partial charge in [0.15, 0.2) is 11.5 Å². The SMILES string of the molecule is C=CC(=O)N1C[C@@H](Cn2nc(C#Cc3c(F)cc4c(ncn4CC)c3F)c(C(N)=O)c2NC)C[C@@H]1COC(F)(F)F. The smallest absolute Gasteiger partial charge is 0.373 e. The predicted octanol–water partition coefficient (Wildman–Crippen LogP) is 3.01. The highest BCUT2D eigenvalue weighted by atomic mass is 19.4. The lowest BCUT2D eigenvalue weighted by atomic mass is 10.1. The third kappa shape index (κ3) is 6.02. The highest BCUT2D eigenvalue weighted by Gasteiger charge is 2.39. The number of ether oxygens (including phenoxy) is 1. The molecule has 0 spiro atoms. The molecule has 218 valence electrons. The van der Waals surface area contributed by atoms with E-state index < -0.39 is 53.9 Å². The van der Waals surface area contributed by atoms with Crippen molar-refractivity contribution in [2.75, 3.05) is 25.5 Å². The standard InChI is InChI=1S/C26H26F5N7O3/c1-4-20(39)37-10-14(8-15(37)12-41-26(29,30)31)11-38-25(33-3)21(24(32)40)18(35-38)7-6-16-17(27)9-19-23(22(16)28)34-13-36(19)5-2/h4,9,13-15,33H,1,5,8,10-12H2,2-3H3,(H2,32,40)/t14-,15+/m0/s1. The molecule has 10 nitrogen and oxygen atoms in total. The van der Waals surface area contributed by atoms with Gasteiger partial charge in [0, 0.05) is 32.7 Å². The van der Waals surface area contributed by atoms with Crippen LogP contribution in [0, 0.1) is 29.4 Å². The summed E-state index contributed by atoms with van der Waals surface area (Å²) in [5, 5.41) is 7.10. The summed E-state index contributed by atoms with van der Waals surface area (Å²) in [5.41, 5.74) is 4.86. The number of anilines is 1. The summed E-state index contributed by atoms with van der Waals surface area (Å²) in [4.78, 5) is 29.8. The highest BCUT2D eigenvalue weighted by Crippen LogP contribution is 2.30. The number of aryl methyl sites for hydroxylation is 1. The molecule has 2 amide bonds. The number of halogens is 5. The summed E-state index contributed by atoms with van der Waals surface area (Å²) < 4.78 is 74.7. The predicted molar refractivity (Wildman–Crippen MR) is 137 cm³/mol. The average Bonchev–Trinajstić information content (AvgIpc) is 3.61. The Labute approximate surface area is 230 Å². The number of amides is 2. The van der Waals surface area contributed by atoms with Gasteiger partial charge >= 0.3 is 6.36 Å². The summed E-state index contributed by atoms with van der Waals surface area (Å²) in [7, 11) is 1.48. The molecule has 0 bridgehead atoms. The molecule has 1 aliphatic rings. The second kappa shape index (κ2) is 11.6. The number of rotatable bonds is 8. The number of carbonyl (C=O) groups is 2. The summed E-state index contributed by atoms with van der Waals surface area (Å²) >= 11 is 0. The van der Waals surface area contributed by atoms with Crippen LogP contribution < -0.4 is 11.1 Å². The molecule has 0 radical (unpaired) electrons. The van der Waals surface area contributed by atoms with E-state index in [0.717, 1.165) is 12.1 Å². The van der Waals surface area contributed by atoms with E-state index in [4.69, 9.17) is 5.73 Å². The van der Waals surface area contributed by atoms with Gasteiger partial charge in [-0.2, -0.15) is 5.10 Å². The molecule has 3 aromatic rings. The third-order valence-electron chi connectivity index (χ3n) is 6.72. The van der Waals surface area contributed by atoms with E-state index in [2.05, 4.69) is 38.6 Å². The van der Waals surface area contributed by atoms with E-state index in [-0.39, 0.29) is 47.6 Å². The summed E-state index contributed by atoms with van der Waals surface area (Å²) in [6, 6.07) is 0.230. The number of benzene rings is 1. The van der Waals surface area contributed by atoms with Crippen molar-refractivity contribution in [3.63, 3.8) is 0 Å². The first-order valence-electron chi connectivity index (χ1n) is 12.4. The number of likely N-dealkylation sites (tertiary alicyclic amines) is 1. The first kappa shape index (κ1) is 29.5. The Morgan fingerprint density at radius 1 is 1.32 bits per heavy atom. The Kier molecular flexibility index (Phi) is 8.34. The maximum atomic E-state index is 15.1.